The number of imidazole rings is 1. The molecule has 0 spiro atoms. The van der Waals surface area contributed by atoms with Gasteiger partial charge in [0.25, 0.3) is 0 Å². The molecule has 9 N–H and O–H groups in total. The Kier molecular flexibility index (Phi) is 12.6. The van der Waals surface area contributed by atoms with Crippen LogP contribution in [0.4, 0.5) is 0 Å². The van der Waals surface area contributed by atoms with Crippen molar-refractivity contribution in [2.24, 2.45) is 11.5 Å². The molecule has 1 heterocycles. The molecule has 0 fully saturated rings. The van der Waals surface area contributed by atoms with Crippen LogP contribution in [0.3, 0.4) is 0 Å². The van der Waals surface area contributed by atoms with Crippen molar-refractivity contribution in [3.05, 3.63) is 54.1 Å². The Hall–Kier alpha value is -3.42. The molecule has 37 heavy (non-hydrogen) atoms. The summed E-state index contributed by atoms with van der Waals surface area (Å²) in [6.07, 6.45) is 4.69. The van der Waals surface area contributed by atoms with E-state index in [1.54, 1.807) is 0 Å². The van der Waals surface area contributed by atoms with Crippen molar-refractivity contribution in [1.29, 1.82) is 0 Å². The predicted octanol–water partition coefficient (Wildman–Crippen LogP) is -0.880. The van der Waals surface area contributed by atoms with Gasteiger partial charge in [0.15, 0.2) is 0 Å². The number of benzene rings is 1. The largest absolute Gasteiger partial charge is 0.480 e. The van der Waals surface area contributed by atoms with Crippen LogP contribution in [0.15, 0.2) is 42.9 Å². The number of nitrogens with two attached hydrogens (primary N) is 2. The maximum absolute atomic E-state index is 13.3. The number of amides is 3. The first-order chi connectivity index (χ1) is 17.7. The molecule has 0 radical (unpaired) electrons. The molecule has 4 atom stereocenters. The third-order valence-corrected chi connectivity index (χ3v) is 5.99. The summed E-state index contributed by atoms with van der Waals surface area (Å²) in [4.78, 5) is 57.1. The number of rotatable bonds is 16. The Balaban J connectivity index is 2.14. The summed E-state index contributed by atoms with van der Waals surface area (Å²) in [5.41, 5.74) is 13.1. The van der Waals surface area contributed by atoms with Crippen molar-refractivity contribution in [3.8, 4) is 0 Å². The minimum absolute atomic E-state index is 0.0213. The van der Waals surface area contributed by atoms with E-state index in [1.165, 1.54) is 12.5 Å². The van der Waals surface area contributed by atoms with E-state index >= 15 is 0 Å². The van der Waals surface area contributed by atoms with Crippen LogP contribution < -0.4 is 27.4 Å². The SMILES string of the molecule is NCCCCC(NC(=O)C(N)Cc1ccccc1)C(=O)NC(Cc1cnc[nH]1)C(=O)NC(CS)C(=O)O. The van der Waals surface area contributed by atoms with Gasteiger partial charge in [-0.3, -0.25) is 14.4 Å². The van der Waals surface area contributed by atoms with Crippen molar-refractivity contribution in [1.82, 2.24) is 25.9 Å². The average Bonchev–Trinajstić information content (AvgIpc) is 3.39. The number of carboxylic acid groups (broad SMARTS) is 1. The van der Waals surface area contributed by atoms with Gasteiger partial charge in [-0.05, 0) is 37.8 Å². The molecule has 2 aromatic rings. The molecule has 0 aliphatic carbocycles. The molecular weight excluding hydrogens is 498 g/mol. The minimum Gasteiger partial charge on any atom is -0.480 e. The molecule has 12 nitrogen and oxygen atoms in total. The third kappa shape index (κ3) is 10.2. The lowest BCUT2D eigenvalue weighted by atomic mass is 10.0. The molecule has 4 unspecified atom stereocenters. The van der Waals surface area contributed by atoms with Gasteiger partial charge in [-0.2, -0.15) is 12.6 Å². The first-order valence-corrected chi connectivity index (χ1v) is 12.6. The van der Waals surface area contributed by atoms with Crippen molar-refractivity contribution in [3.63, 3.8) is 0 Å². The number of thiol groups is 1. The van der Waals surface area contributed by atoms with Gasteiger partial charge in [0.1, 0.15) is 18.1 Å². The Morgan fingerprint density at radius 1 is 0.946 bits per heavy atom. The second kappa shape index (κ2) is 15.6. The van der Waals surface area contributed by atoms with Gasteiger partial charge in [0.05, 0.1) is 12.4 Å². The van der Waals surface area contributed by atoms with E-state index in [4.69, 9.17) is 11.5 Å². The average molecular weight is 534 g/mol. The Morgan fingerprint density at radius 2 is 1.59 bits per heavy atom. The molecule has 0 saturated carbocycles. The molecule has 0 aliphatic rings. The number of hydrogen-bond donors (Lipinski definition) is 8. The van der Waals surface area contributed by atoms with Gasteiger partial charge < -0.3 is 37.5 Å². The standard InChI is InChI=1S/C24H35N7O5S/c25-9-5-4-8-18(29-21(32)17(26)10-15-6-2-1-3-7-15)22(33)30-19(11-16-12-27-14-28-16)23(34)31-20(13-37)24(35)36/h1-3,6-7,12,14,17-20,37H,4-5,8-11,13,25-26H2,(H,27,28)(H,29,32)(H,30,33)(H,31,34)(H,35,36). The van der Waals surface area contributed by atoms with Crippen molar-refractivity contribution in [2.45, 2.75) is 56.3 Å². The smallest absolute Gasteiger partial charge is 0.327 e. The zero-order chi connectivity index (χ0) is 27.2. The fourth-order valence-corrected chi connectivity index (χ4v) is 3.80. The number of carbonyl (C=O) groups excluding carboxylic acids is 3. The maximum Gasteiger partial charge on any atom is 0.327 e. The molecule has 1 aromatic carbocycles. The van der Waals surface area contributed by atoms with Crippen LogP contribution >= 0.6 is 12.6 Å². The molecule has 202 valence electrons. The maximum atomic E-state index is 13.3. The Labute approximate surface area is 220 Å². The molecular formula is C24H35N7O5S. The molecule has 1 aromatic heterocycles. The van der Waals surface area contributed by atoms with Gasteiger partial charge in [-0.25, -0.2) is 9.78 Å². The lowest BCUT2D eigenvalue weighted by Gasteiger charge is -2.25. The molecule has 3 amide bonds. The molecule has 0 aliphatic heterocycles. The summed E-state index contributed by atoms with van der Waals surface area (Å²) in [7, 11) is 0. The Morgan fingerprint density at radius 3 is 2.19 bits per heavy atom. The summed E-state index contributed by atoms with van der Waals surface area (Å²) < 4.78 is 0. The van der Waals surface area contributed by atoms with Gasteiger partial charge in [-0.15, -0.1) is 0 Å². The number of unbranched alkanes of at least 4 members (excludes halogenated alkanes) is 1. The van der Waals surface area contributed by atoms with Crippen molar-refractivity contribution < 1.29 is 24.3 Å². The summed E-state index contributed by atoms with van der Waals surface area (Å²) >= 11 is 3.96. The summed E-state index contributed by atoms with van der Waals surface area (Å²) in [6, 6.07) is 5.01. The third-order valence-electron chi connectivity index (χ3n) is 5.62. The highest BCUT2D eigenvalue weighted by Gasteiger charge is 2.30. The van der Waals surface area contributed by atoms with Gasteiger partial charge in [-0.1, -0.05) is 30.3 Å². The number of aromatic nitrogens is 2. The minimum atomic E-state index is -1.26. The van der Waals surface area contributed by atoms with Crippen LogP contribution in [0.2, 0.25) is 0 Å². The van der Waals surface area contributed by atoms with Crippen LogP contribution in [-0.2, 0) is 32.0 Å². The zero-order valence-electron chi connectivity index (χ0n) is 20.4. The number of carboxylic acids is 1. The summed E-state index contributed by atoms with van der Waals surface area (Å²) in [5, 5.41) is 17.0. The van der Waals surface area contributed by atoms with Crippen LogP contribution in [0.5, 0.6) is 0 Å². The summed E-state index contributed by atoms with van der Waals surface area (Å²) in [6.45, 7) is 0.418. The first-order valence-electron chi connectivity index (χ1n) is 12.0. The zero-order valence-corrected chi connectivity index (χ0v) is 21.3. The number of aliphatic carboxylic acids is 1. The highest BCUT2D eigenvalue weighted by Crippen LogP contribution is 2.07. The highest BCUT2D eigenvalue weighted by atomic mass is 32.1. The number of nitrogens with zero attached hydrogens (tertiary/aromatic N) is 1. The normalized spacial score (nSPS) is 14.1. The molecule has 13 heteroatoms. The molecule has 0 bridgehead atoms. The number of carbonyl (C=O) groups is 4. The molecule has 0 saturated heterocycles. The highest BCUT2D eigenvalue weighted by molar-refractivity contribution is 7.80. The van der Waals surface area contributed by atoms with Gasteiger partial charge >= 0.3 is 5.97 Å². The Bertz CT molecular complexity index is 1010. The van der Waals surface area contributed by atoms with E-state index in [0.29, 0.717) is 25.1 Å². The van der Waals surface area contributed by atoms with E-state index < -0.39 is 47.9 Å². The number of aromatic amines is 1. The lowest BCUT2D eigenvalue weighted by molar-refractivity contribution is -0.141. The van der Waals surface area contributed by atoms with Crippen LogP contribution in [0, 0.1) is 0 Å². The fraction of sp³-hybridized carbons (Fsp3) is 0.458. The second-order valence-electron chi connectivity index (χ2n) is 8.57. The monoisotopic (exact) mass is 533 g/mol. The van der Waals surface area contributed by atoms with E-state index in [9.17, 15) is 24.3 Å². The fourth-order valence-electron chi connectivity index (χ4n) is 3.56. The van der Waals surface area contributed by atoms with Crippen LogP contribution in [0.25, 0.3) is 0 Å². The first kappa shape index (κ1) is 29.8. The van der Waals surface area contributed by atoms with Gasteiger partial charge in [0.2, 0.25) is 17.7 Å². The van der Waals surface area contributed by atoms with E-state index in [1.807, 2.05) is 30.3 Å². The second-order valence-corrected chi connectivity index (χ2v) is 8.93. The topological polar surface area (TPSA) is 205 Å². The van der Waals surface area contributed by atoms with Crippen LogP contribution in [0.1, 0.15) is 30.5 Å². The quantitative estimate of drug-likeness (QED) is 0.100. The van der Waals surface area contributed by atoms with E-state index in [2.05, 4.69) is 38.5 Å². The lowest BCUT2D eigenvalue weighted by Crippen LogP contribution is -2.58. The van der Waals surface area contributed by atoms with Gasteiger partial charge in [0, 0.05) is 24.1 Å². The van der Waals surface area contributed by atoms with Crippen LogP contribution in [-0.4, -0.2) is 75.2 Å². The number of nitrogens with one attached hydrogen (secondary N) is 4. The number of H-pyrrole nitrogens is 1. The van der Waals surface area contributed by atoms with E-state index in [0.717, 1.165) is 5.56 Å². The van der Waals surface area contributed by atoms with Crippen molar-refractivity contribution >= 4 is 36.3 Å². The molecule has 2 rings (SSSR count). The summed E-state index contributed by atoms with van der Waals surface area (Å²) in [5.74, 6) is -3.21. The predicted molar refractivity (Wildman–Crippen MR) is 141 cm³/mol. The van der Waals surface area contributed by atoms with Crippen molar-refractivity contribution in [2.75, 3.05) is 12.3 Å². The number of hydrogen-bond acceptors (Lipinski definition) is 8. The van der Waals surface area contributed by atoms with E-state index in [-0.39, 0.29) is 25.0 Å².